The summed E-state index contributed by atoms with van der Waals surface area (Å²) in [5, 5.41) is 6.60. The Hall–Kier alpha value is -1.53. The lowest BCUT2D eigenvalue weighted by molar-refractivity contribution is 0.473. The molecule has 0 atom stereocenters. The second kappa shape index (κ2) is 8.80. The molecule has 2 rings (SSSR count). The second-order valence-corrected chi connectivity index (χ2v) is 7.08. The van der Waals surface area contributed by atoms with Gasteiger partial charge in [-0.15, -0.1) is 23.1 Å². The normalized spacial score (nSPS) is 11.5. The van der Waals surface area contributed by atoms with E-state index in [0.29, 0.717) is 0 Å². The van der Waals surface area contributed by atoms with Gasteiger partial charge in [-0.2, -0.15) is 0 Å². The molecule has 0 amide bonds. The van der Waals surface area contributed by atoms with E-state index in [0.717, 1.165) is 35.5 Å². The largest absolute Gasteiger partial charge is 0.355 e. The Morgan fingerprint density at radius 3 is 2.77 bits per heavy atom. The summed E-state index contributed by atoms with van der Waals surface area (Å²) in [6, 6.07) is 10.4. The maximum atomic E-state index is 4.49. The van der Waals surface area contributed by atoms with Crippen molar-refractivity contribution in [3.8, 4) is 0 Å². The van der Waals surface area contributed by atoms with Crippen LogP contribution in [0.25, 0.3) is 0 Å². The number of hydrogen-bond donors (Lipinski definition) is 1. The zero-order valence-corrected chi connectivity index (χ0v) is 14.9. The van der Waals surface area contributed by atoms with Crippen molar-refractivity contribution >= 4 is 29.1 Å². The van der Waals surface area contributed by atoms with Gasteiger partial charge < -0.3 is 10.2 Å². The highest BCUT2D eigenvalue weighted by Gasteiger charge is 2.08. The number of guanidine groups is 1. The molecule has 0 radical (unpaired) electrons. The van der Waals surface area contributed by atoms with Crippen molar-refractivity contribution in [3.05, 3.63) is 46.4 Å². The van der Waals surface area contributed by atoms with Gasteiger partial charge in [0.2, 0.25) is 0 Å². The molecule has 0 spiro atoms. The molecule has 0 bridgehead atoms. The Kier molecular flexibility index (Phi) is 6.74. The fourth-order valence-corrected chi connectivity index (χ4v) is 3.43. The number of nitrogens with one attached hydrogen (secondary N) is 1. The topological polar surface area (TPSA) is 40.5 Å². The molecule has 0 aliphatic carbocycles. The molecule has 0 aliphatic heterocycles. The van der Waals surface area contributed by atoms with Gasteiger partial charge in [-0.25, -0.2) is 4.98 Å². The molecule has 1 aromatic heterocycles. The standard InChI is InChI=1S/C16H22N4S2/c1-13-19-14(12-22-13)11-20(3)16(17-2)18-9-10-21-15-7-5-4-6-8-15/h4-8,12H,9-11H2,1-3H3,(H,17,18). The lowest BCUT2D eigenvalue weighted by Crippen LogP contribution is -2.39. The van der Waals surface area contributed by atoms with Crippen molar-refractivity contribution in [3.63, 3.8) is 0 Å². The fourth-order valence-electron chi connectivity index (χ4n) is 2.03. The van der Waals surface area contributed by atoms with E-state index in [2.05, 4.69) is 49.8 Å². The van der Waals surface area contributed by atoms with Gasteiger partial charge in [0, 0.05) is 36.7 Å². The molecule has 4 nitrogen and oxygen atoms in total. The molecule has 0 saturated heterocycles. The monoisotopic (exact) mass is 334 g/mol. The van der Waals surface area contributed by atoms with Crippen LogP contribution in [-0.4, -0.2) is 42.2 Å². The Morgan fingerprint density at radius 2 is 2.14 bits per heavy atom. The molecule has 0 aliphatic rings. The molecule has 6 heteroatoms. The lowest BCUT2D eigenvalue weighted by atomic mass is 10.4. The lowest BCUT2D eigenvalue weighted by Gasteiger charge is -2.21. The molecule has 22 heavy (non-hydrogen) atoms. The van der Waals surface area contributed by atoms with E-state index in [4.69, 9.17) is 0 Å². The van der Waals surface area contributed by atoms with Gasteiger partial charge in [0.25, 0.3) is 0 Å². The van der Waals surface area contributed by atoms with Gasteiger partial charge in [0.1, 0.15) is 0 Å². The average molecular weight is 335 g/mol. The fraction of sp³-hybridized carbons (Fsp3) is 0.375. The molecular formula is C16H22N4S2. The van der Waals surface area contributed by atoms with Crippen LogP contribution in [0.2, 0.25) is 0 Å². The molecule has 0 fully saturated rings. The maximum Gasteiger partial charge on any atom is 0.193 e. The van der Waals surface area contributed by atoms with Gasteiger partial charge >= 0.3 is 0 Å². The number of nitrogens with zero attached hydrogens (tertiary/aromatic N) is 3. The Bertz CT molecular complexity index is 595. The van der Waals surface area contributed by atoms with E-state index in [-0.39, 0.29) is 0 Å². The number of benzene rings is 1. The average Bonchev–Trinajstić information content (AvgIpc) is 2.93. The van der Waals surface area contributed by atoms with E-state index in [1.165, 1.54) is 4.90 Å². The quantitative estimate of drug-likeness (QED) is 0.381. The van der Waals surface area contributed by atoms with Crippen molar-refractivity contribution < 1.29 is 0 Å². The van der Waals surface area contributed by atoms with Crippen LogP contribution >= 0.6 is 23.1 Å². The number of aryl methyl sites for hydroxylation is 1. The highest BCUT2D eigenvalue weighted by atomic mass is 32.2. The number of aromatic nitrogens is 1. The van der Waals surface area contributed by atoms with Crippen molar-refractivity contribution in [1.29, 1.82) is 0 Å². The first-order valence-electron chi connectivity index (χ1n) is 7.19. The zero-order valence-electron chi connectivity index (χ0n) is 13.2. The summed E-state index contributed by atoms with van der Waals surface area (Å²) < 4.78 is 0. The minimum Gasteiger partial charge on any atom is -0.355 e. The molecular weight excluding hydrogens is 312 g/mol. The molecule has 1 aromatic carbocycles. The summed E-state index contributed by atoms with van der Waals surface area (Å²) in [6.45, 7) is 3.69. The summed E-state index contributed by atoms with van der Waals surface area (Å²) in [6.07, 6.45) is 0. The third-order valence-corrected chi connectivity index (χ3v) is 4.87. The first-order chi connectivity index (χ1) is 10.7. The summed E-state index contributed by atoms with van der Waals surface area (Å²) in [7, 11) is 3.85. The Labute approximate surface area is 140 Å². The maximum absolute atomic E-state index is 4.49. The van der Waals surface area contributed by atoms with Crippen molar-refractivity contribution in [1.82, 2.24) is 15.2 Å². The summed E-state index contributed by atoms with van der Waals surface area (Å²) in [5.74, 6) is 1.91. The first kappa shape index (κ1) is 16.8. The van der Waals surface area contributed by atoms with Crippen LogP contribution in [0.3, 0.4) is 0 Å². The smallest absolute Gasteiger partial charge is 0.193 e. The molecule has 118 valence electrons. The first-order valence-corrected chi connectivity index (χ1v) is 9.06. The van der Waals surface area contributed by atoms with E-state index in [1.807, 2.05) is 38.8 Å². The second-order valence-electron chi connectivity index (χ2n) is 4.85. The predicted molar refractivity (Wildman–Crippen MR) is 96.8 cm³/mol. The third-order valence-electron chi connectivity index (χ3n) is 3.04. The summed E-state index contributed by atoms with van der Waals surface area (Å²) >= 11 is 3.53. The van der Waals surface area contributed by atoms with E-state index < -0.39 is 0 Å². The number of thiazole rings is 1. The van der Waals surface area contributed by atoms with Crippen LogP contribution in [0.15, 0.2) is 45.6 Å². The predicted octanol–water partition coefficient (Wildman–Crippen LogP) is 3.25. The van der Waals surface area contributed by atoms with Gasteiger partial charge in [0.15, 0.2) is 5.96 Å². The van der Waals surface area contributed by atoms with Gasteiger partial charge in [-0.1, -0.05) is 18.2 Å². The molecule has 2 aromatic rings. The molecule has 0 saturated carbocycles. The van der Waals surface area contributed by atoms with Crippen molar-refractivity contribution in [2.45, 2.75) is 18.4 Å². The van der Waals surface area contributed by atoms with E-state index in [1.54, 1.807) is 11.3 Å². The third kappa shape index (κ3) is 5.35. The van der Waals surface area contributed by atoms with Gasteiger partial charge in [-0.3, -0.25) is 4.99 Å². The summed E-state index contributed by atoms with van der Waals surface area (Å²) in [4.78, 5) is 12.2. The number of rotatable bonds is 6. The Morgan fingerprint density at radius 1 is 1.36 bits per heavy atom. The highest BCUT2D eigenvalue weighted by molar-refractivity contribution is 7.99. The van der Waals surface area contributed by atoms with Crippen molar-refractivity contribution in [2.24, 2.45) is 4.99 Å². The Balaban J connectivity index is 1.74. The zero-order chi connectivity index (χ0) is 15.8. The highest BCUT2D eigenvalue weighted by Crippen LogP contribution is 2.15. The number of hydrogen-bond acceptors (Lipinski definition) is 4. The minimum absolute atomic E-state index is 0.774. The number of thioether (sulfide) groups is 1. The number of aliphatic imine (C=N–C) groups is 1. The minimum atomic E-state index is 0.774. The van der Waals surface area contributed by atoms with Crippen LogP contribution < -0.4 is 5.32 Å². The van der Waals surface area contributed by atoms with Crippen molar-refractivity contribution in [2.75, 3.05) is 26.4 Å². The SMILES string of the molecule is CN=C(NCCSc1ccccc1)N(C)Cc1csc(C)n1. The van der Waals surface area contributed by atoms with Crippen LogP contribution in [0.1, 0.15) is 10.7 Å². The summed E-state index contributed by atoms with van der Waals surface area (Å²) in [5.41, 5.74) is 1.09. The van der Waals surface area contributed by atoms with Crippen LogP contribution in [0.4, 0.5) is 0 Å². The van der Waals surface area contributed by atoms with Gasteiger partial charge in [0.05, 0.1) is 17.2 Å². The van der Waals surface area contributed by atoms with Gasteiger partial charge in [-0.05, 0) is 19.1 Å². The molecule has 1 N–H and O–H groups in total. The van der Waals surface area contributed by atoms with E-state index >= 15 is 0 Å². The molecule has 1 heterocycles. The van der Waals surface area contributed by atoms with Crippen LogP contribution in [-0.2, 0) is 6.54 Å². The molecule has 0 unspecified atom stereocenters. The van der Waals surface area contributed by atoms with E-state index in [9.17, 15) is 0 Å². The van der Waals surface area contributed by atoms with Crippen LogP contribution in [0, 0.1) is 6.92 Å². The van der Waals surface area contributed by atoms with Crippen LogP contribution in [0.5, 0.6) is 0 Å².